The van der Waals surface area contributed by atoms with E-state index in [4.69, 9.17) is 0 Å². The van der Waals surface area contributed by atoms with Crippen LogP contribution >= 0.6 is 0 Å². The van der Waals surface area contributed by atoms with Crippen molar-refractivity contribution in [2.24, 2.45) is 0 Å². The van der Waals surface area contributed by atoms with Gasteiger partial charge in [-0.15, -0.1) is 0 Å². The van der Waals surface area contributed by atoms with Crippen molar-refractivity contribution in [1.82, 2.24) is 10.2 Å². The van der Waals surface area contributed by atoms with Crippen LogP contribution in [0, 0.1) is 0 Å². The first kappa shape index (κ1) is 48.3. The molecule has 52 heavy (non-hydrogen) atoms. The first-order valence-electron chi connectivity index (χ1n) is 22.2. The summed E-state index contributed by atoms with van der Waals surface area (Å²) in [5.41, 5.74) is 0. The molecule has 1 aliphatic rings. The van der Waals surface area contributed by atoms with E-state index in [1.807, 2.05) is 0 Å². The van der Waals surface area contributed by atoms with Gasteiger partial charge < -0.3 is 9.87 Å². The number of rotatable bonds is 38. The molecule has 0 saturated heterocycles. The minimum Gasteiger partial charge on any atom is -0.748 e. The lowest BCUT2D eigenvalue weighted by molar-refractivity contribution is -0.519. The van der Waals surface area contributed by atoms with E-state index in [2.05, 4.69) is 52.9 Å². The Balaban J connectivity index is 2.24. The van der Waals surface area contributed by atoms with Gasteiger partial charge in [0.25, 0.3) is 0 Å². The maximum atomic E-state index is 12.5. The molecule has 0 unspecified atom stereocenters. The van der Waals surface area contributed by atoms with Crippen LogP contribution in [0.15, 0.2) is 24.3 Å². The van der Waals surface area contributed by atoms with E-state index in [0.29, 0.717) is 25.8 Å². The number of allylic oxidation sites excluding steroid dienone is 4. The third kappa shape index (κ3) is 30.8. The Kier molecular flexibility index (Phi) is 32.6. The summed E-state index contributed by atoms with van der Waals surface area (Å²) >= 11 is 0. The minimum absolute atomic E-state index is 0.159. The van der Waals surface area contributed by atoms with E-state index in [1.54, 1.807) is 0 Å². The minimum atomic E-state index is -4.16. The quantitative estimate of drug-likeness (QED) is 0.0294. The van der Waals surface area contributed by atoms with Crippen LogP contribution in [0.1, 0.15) is 206 Å². The van der Waals surface area contributed by atoms with Crippen molar-refractivity contribution in [2.45, 2.75) is 206 Å². The fraction of sp³-hybridized carbons (Fsp3) is 0.864. The van der Waals surface area contributed by atoms with E-state index in [9.17, 15) is 17.8 Å². The first-order chi connectivity index (χ1) is 25.4. The third-order valence-corrected chi connectivity index (χ3v) is 11.3. The second-order valence-electron chi connectivity index (χ2n) is 15.4. The second kappa shape index (κ2) is 35.1. The van der Waals surface area contributed by atoms with Crippen LogP contribution in [-0.4, -0.2) is 72.7 Å². The van der Waals surface area contributed by atoms with E-state index >= 15 is 0 Å². The van der Waals surface area contributed by atoms with Crippen molar-refractivity contribution >= 4 is 21.9 Å². The SMILES string of the molecule is CCCCCCCC/C=C\CCCCCCCC(=O)NCCN1CC[N+](CCCCS(=O)(=O)[O-])=C1CCCCCCC/C=C\CCCCCCCC. The molecule has 0 saturated carbocycles. The normalized spacial score (nSPS) is 13.8. The maximum Gasteiger partial charge on any atom is 0.247 e. The second-order valence-corrected chi connectivity index (χ2v) is 16.9. The number of nitrogens with zero attached hydrogens (tertiary/aromatic N) is 2. The van der Waals surface area contributed by atoms with Gasteiger partial charge in [-0.1, -0.05) is 141 Å². The van der Waals surface area contributed by atoms with Crippen molar-refractivity contribution in [3.63, 3.8) is 0 Å². The summed E-state index contributed by atoms with van der Waals surface area (Å²) < 4.78 is 35.6. The fourth-order valence-electron chi connectivity index (χ4n) is 7.21. The number of carbonyl (C=O) groups excluding carboxylic acids is 1. The molecule has 1 N–H and O–H groups in total. The average molecular weight is 750 g/mol. The van der Waals surface area contributed by atoms with Crippen molar-refractivity contribution in [3.05, 3.63) is 24.3 Å². The van der Waals surface area contributed by atoms with Crippen LogP contribution in [0.2, 0.25) is 0 Å². The zero-order valence-electron chi connectivity index (χ0n) is 34.2. The van der Waals surface area contributed by atoms with Crippen molar-refractivity contribution in [1.29, 1.82) is 0 Å². The number of carbonyl (C=O) groups is 1. The molecule has 0 aromatic rings. The molecule has 0 aliphatic carbocycles. The maximum absolute atomic E-state index is 12.5. The number of nitrogens with one attached hydrogen (secondary N) is 1. The summed E-state index contributed by atoms with van der Waals surface area (Å²) in [7, 11) is -4.16. The Morgan fingerprint density at radius 3 is 1.62 bits per heavy atom. The molecule has 0 bridgehead atoms. The van der Waals surface area contributed by atoms with Crippen LogP contribution in [-0.2, 0) is 14.9 Å². The van der Waals surface area contributed by atoms with Crippen molar-refractivity contribution < 1.29 is 22.3 Å². The molecular formula is C44H83N3O4S. The summed E-state index contributed by atoms with van der Waals surface area (Å²) in [4.78, 5) is 15.0. The highest BCUT2D eigenvalue weighted by Gasteiger charge is 2.29. The number of hydrogen-bond donors (Lipinski definition) is 1. The standard InChI is InChI=1S/C44H83N3O4S/c1-3-5-7-9-11-13-15-17-19-21-23-25-27-29-31-35-43(48)45-37-39-47-41-40-46(38-33-34-42-52(49,50)51)44(47)36-32-30-28-26-24-22-20-18-16-14-12-10-8-6-4-2/h17-20H,3-16,21-42H2,1-2H3,(H-,45,48,49,50,51)/b19-17-,20-18-. The van der Waals surface area contributed by atoms with Gasteiger partial charge in [0, 0.05) is 18.6 Å². The Morgan fingerprint density at radius 1 is 0.654 bits per heavy atom. The first-order valence-corrected chi connectivity index (χ1v) is 23.8. The van der Waals surface area contributed by atoms with Crippen molar-refractivity contribution in [2.75, 3.05) is 38.5 Å². The molecule has 1 rings (SSSR count). The van der Waals surface area contributed by atoms with E-state index in [0.717, 1.165) is 51.9 Å². The van der Waals surface area contributed by atoms with Gasteiger partial charge in [-0.25, -0.2) is 8.42 Å². The Morgan fingerprint density at radius 2 is 1.12 bits per heavy atom. The third-order valence-electron chi connectivity index (χ3n) is 10.5. The number of unbranched alkanes of at least 4 members (excludes halogenated alkanes) is 23. The lowest BCUT2D eigenvalue weighted by Gasteiger charge is -2.15. The van der Waals surface area contributed by atoms with Gasteiger partial charge in [-0.05, 0) is 77.0 Å². The molecule has 0 atom stereocenters. The highest BCUT2D eigenvalue weighted by Crippen LogP contribution is 2.15. The zero-order valence-corrected chi connectivity index (χ0v) is 35.0. The molecule has 0 radical (unpaired) electrons. The summed E-state index contributed by atoms with van der Waals surface area (Å²) in [5, 5.41) is 3.16. The van der Waals surface area contributed by atoms with Crippen LogP contribution in [0.5, 0.6) is 0 Å². The number of amides is 1. The fourth-order valence-corrected chi connectivity index (χ4v) is 7.77. The van der Waals surface area contributed by atoms with E-state index in [1.165, 1.54) is 154 Å². The molecule has 1 heterocycles. The summed E-state index contributed by atoms with van der Waals surface area (Å²) in [6.45, 7) is 8.65. The number of hydrogen-bond acceptors (Lipinski definition) is 5. The number of amidine groups is 1. The molecule has 0 aromatic heterocycles. The monoisotopic (exact) mass is 750 g/mol. The van der Waals surface area contributed by atoms with Gasteiger partial charge in [-0.2, -0.15) is 0 Å². The highest BCUT2D eigenvalue weighted by molar-refractivity contribution is 7.85. The van der Waals surface area contributed by atoms with Gasteiger partial charge in [0.2, 0.25) is 11.7 Å². The van der Waals surface area contributed by atoms with Crippen LogP contribution < -0.4 is 5.32 Å². The van der Waals surface area contributed by atoms with Crippen LogP contribution in [0.3, 0.4) is 0 Å². The topological polar surface area (TPSA) is 92.6 Å². The summed E-state index contributed by atoms with van der Waals surface area (Å²) in [6, 6.07) is 0. The molecule has 7 nitrogen and oxygen atoms in total. The van der Waals surface area contributed by atoms with Gasteiger partial charge in [0.1, 0.15) is 19.6 Å². The van der Waals surface area contributed by atoms with Gasteiger partial charge >= 0.3 is 0 Å². The lowest BCUT2D eigenvalue weighted by Crippen LogP contribution is -2.37. The molecule has 0 fully saturated rings. The molecule has 8 heteroatoms. The molecule has 304 valence electrons. The predicted molar refractivity (Wildman–Crippen MR) is 222 cm³/mol. The van der Waals surface area contributed by atoms with E-state index < -0.39 is 10.1 Å². The summed E-state index contributed by atoms with van der Waals surface area (Å²) in [6.07, 6.45) is 45.4. The molecule has 1 amide bonds. The molecule has 0 spiro atoms. The van der Waals surface area contributed by atoms with Gasteiger partial charge in [0.05, 0.1) is 23.2 Å². The zero-order chi connectivity index (χ0) is 37.8. The molecule has 1 aliphatic heterocycles. The van der Waals surface area contributed by atoms with E-state index in [-0.39, 0.29) is 11.7 Å². The molecular weight excluding hydrogens is 667 g/mol. The largest absolute Gasteiger partial charge is 0.748 e. The van der Waals surface area contributed by atoms with Gasteiger partial charge in [0.15, 0.2) is 0 Å². The van der Waals surface area contributed by atoms with Crippen LogP contribution in [0.25, 0.3) is 0 Å². The highest BCUT2D eigenvalue weighted by atomic mass is 32.2. The predicted octanol–water partition coefficient (Wildman–Crippen LogP) is 11.2. The molecule has 0 aromatic carbocycles. The Hall–Kier alpha value is -1.67. The van der Waals surface area contributed by atoms with Crippen LogP contribution in [0.4, 0.5) is 0 Å². The Bertz CT molecular complexity index is 1040. The van der Waals surface area contributed by atoms with Gasteiger partial charge in [-0.3, -0.25) is 14.3 Å². The smallest absolute Gasteiger partial charge is 0.247 e. The lowest BCUT2D eigenvalue weighted by atomic mass is 10.1. The average Bonchev–Trinajstić information content (AvgIpc) is 3.50. The van der Waals surface area contributed by atoms with Crippen molar-refractivity contribution in [3.8, 4) is 0 Å². The summed E-state index contributed by atoms with van der Waals surface area (Å²) in [5.74, 6) is 1.21. The Labute approximate surface area is 322 Å².